The first-order valence-corrected chi connectivity index (χ1v) is 10.4. The highest BCUT2D eigenvalue weighted by atomic mass is 79.9. The van der Waals surface area contributed by atoms with E-state index in [1.54, 1.807) is 18.2 Å². The number of rotatable bonds is 4. The molecule has 0 unspecified atom stereocenters. The molecule has 0 radical (unpaired) electrons. The number of hydrogen-bond donors (Lipinski definition) is 1. The van der Waals surface area contributed by atoms with Gasteiger partial charge in [0.05, 0.1) is 4.90 Å². The lowest BCUT2D eigenvalue weighted by atomic mass is 10.1. The molecular formula is C18H22BrClN2O3S. The molecule has 1 fully saturated rings. The van der Waals surface area contributed by atoms with E-state index in [1.807, 2.05) is 26.0 Å². The molecule has 0 aromatic heterocycles. The van der Waals surface area contributed by atoms with Gasteiger partial charge in [0, 0.05) is 36.7 Å². The van der Waals surface area contributed by atoms with Gasteiger partial charge in [0.15, 0.2) is 0 Å². The lowest BCUT2D eigenvalue weighted by Crippen LogP contribution is -2.46. The Morgan fingerprint density at radius 1 is 0.962 bits per heavy atom. The molecule has 8 heteroatoms. The monoisotopic (exact) mass is 460 g/mol. The predicted molar refractivity (Wildman–Crippen MR) is 109 cm³/mol. The molecule has 5 nitrogen and oxygen atoms in total. The van der Waals surface area contributed by atoms with Crippen molar-refractivity contribution in [3.63, 3.8) is 0 Å². The minimum absolute atomic E-state index is 0. The average molecular weight is 462 g/mol. The van der Waals surface area contributed by atoms with Crippen molar-refractivity contribution < 1.29 is 13.2 Å². The second-order valence-corrected chi connectivity index (χ2v) is 9.06. The second kappa shape index (κ2) is 8.71. The number of benzene rings is 2. The first-order chi connectivity index (χ1) is 11.8. The van der Waals surface area contributed by atoms with E-state index in [0.717, 1.165) is 11.1 Å². The number of nitrogens with zero attached hydrogens (tertiary/aromatic N) is 1. The second-order valence-electron chi connectivity index (χ2n) is 6.20. The van der Waals surface area contributed by atoms with Crippen LogP contribution < -0.4 is 10.1 Å². The van der Waals surface area contributed by atoms with Crippen LogP contribution >= 0.6 is 28.3 Å². The zero-order valence-electron chi connectivity index (χ0n) is 14.7. The van der Waals surface area contributed by atoms with Gasteiger partial charge in [-0.2, -0.15) is 4.31 Å². The van der Waals surface area contributed by atoms with Crippen molar-refractivity contribution in [3.05, 3.63) is 52.0 Å². The van der Waals surface area contributed by atoms with E-state index >= 15 is 0 Å². The number of nitrogens with one attached hydrogen (secondary N) is 1. The summed E-state index contributed by atoms with van der Waals surface area (Å²) in [6, 6.07) is 10.9. The Bertz CT molecular complexity index is 864. The van der Waals surface area contributed by atoms with Crippen molar-refractivity contribution >= 4 is 38.4 Å². The Balaban J connectivity index is 0.00000243. The minimum atomic E-state index is -3.53. The first-order valence-electron chi connectivity index (χ1n) is 8.12. The molecule has 3 rings (SSSR count). The summed E-state index contributed by atoms with van der Waals surface area (Å²) >= 11 is 3.40. The summed E-state index contributed by atoms with van der Waals surface area (Å²) in [5, 5.41) is 3.16. The summed E-state index contributed by atoms with van der Waals surface area (Å²) in [5.74, 6) is 1.19. The number of hydrogen-bond acceptors (Lipinski definition) is 4. The molecule has 0 saturated carbocycles. The normalized spacial score (nSPS) is 15.3. The van der Waals surface area contributed by atoms with Crippen LogP contribution in [0.25, 0.3) is 0 Å². The standard InChI is InChI=1S/C18H21BrN2O3S.ClH/c1-13-7-14(2)9-16(8-13)24-17-10-15(19)11-18(12-17)25(22,23)21-5-3-20-4-6-21;/h7-12,20H,3-6H2,1-2H3;1H. The predicted octanol–water partition coefficient (Wildman–Crippen LogP) is 3.87. The van der Waals surface area contributed by atoms with Crippen LogP contribution in [0.1, 0.15) is 11.1 Å². The van der Waals surface area contributed by atoms with Gasteiger partial charge in [-0.3, -0.25) is 0 Å². The van der Waals surface area contributed by atoms with E-state index in [4.69, 9.17) is 4.74 Å². The molecule has 1 saturated heterocycles. The van der Waals surface area contributed by atoms with Crippen LogP contribution in [-0.2, 0) is 10.0 Å². The number of aryl methyl sites for hydroxylation is 2. The fourth-order valence-electron chi connectivity index (χ4n) is 2.91. The number of ether oxygens (including phenoxy) is 1. The van der Waals surface area contributed by atoms with Crippen molar-refractivity contribution in [1.29, 1.82) is 0 Å². The number of halogens is 2. The summed E-state index contributed by atoms with van der Waals surface area (Å²) < 4.78 is 33.8. The molecule has 0 spiro atoms. The zero-order chi connectivity index (χ0) is 18.0. The summed E-state index contributed by atoms with van der Waals surface area (Å²) in [4.78, 5) is 0.239. The van der Waals surface area contributed by atoms with Gasteiger partial charge in [-0.05, 0) is 49.2 Å². The van der Waals surface area contributed by atoms with E-state index < -0.39 is 10.0 Å². The molecule has 0 atom stereocenters. The quantitative estimate of drug-likeness (QED) is 0.751. The molecule has 1 heterocycles. The van der Waals surface area contributed by atoms with Crippen LogP contribution in [0.2, 0.25) is 0 Å². The Morgan fingerprint density at radius 3 is 2.15 bits per heavy atom. The summed E-state index contributed by atoms with van der Waals surface area (Å²) in [7, 11) is -3.53. The van der Waals surface area contributed by atoms with E-state index in [-0.39, 0.29) is 17.3 Å². The Hall–Kier alpha value is -1.12. The van der Waals surface area contributed by atoms with Gasteiger partial charge in [0.2, 0.25) is 10.0 Å². The van der Waals surface area contributed by atoms with Crippen LogP contribution in [0.5, 0.6) is 11.5 Å². The van der Waals surface area contributed by atoms with E-state index in [9.17, 15) is 8.42 Å². The number of piperazine rings is 1. The van der Waals surface area contributed by atoms with Gasteiger partial charge < -0.3 is 10.1 Å². The molecule has 142 valence electrons. The SMILES string of the molecule is Cc1cc(C)cc(Oc2cc(Br)cc(S(=O)(=O)N3CCNCC3)c2)c1.Cl. The van der Waals surface area contributed by atoms with Crippen molar-refractivity contribution in [2.45, 2.75) is 18.7 Å². The maximum atomic E-state index is 12.9. The van der Waals surface area contributed by atoms with Crippen LogP contribution in [0.15, 0.2) is 45.8 Å². The summed E-state index contributed by atoms with van der Waals surface area (Å²) in [6.45, 7) is 6.28. The fraction of sp³-hybridized carbons (Fsp3) is 0.333. The maximum absolute atomic E-state index is 12.9. The lowest BCUT2D eigenvalue weighted by molar-refractivity contribution is 0.360. The van der Waals surface area contributed by atoms with Gasteiger partial charge in [0.25, 0.3) is 0 Å². The molecule has 1 aliphatic rings. The zero-order valence-corrected chi connectivity index (χ0v) is 17.9. The molecule has 0 amide bonds. The van der Waals surface area contributed by atoms with Crippen LogP contribution in [0.3, 0.4) is 0 Å². The first kappa shape index (κ1) is 21.2. The highest BCUT2D eigenvalue weighted by molar-refractivity contribution is 9.10. The Morgan fingerprint density at radius 2 is 1.54 bits per heavy atom. The Labute approximate surface area is 169 Å². The van der Waals surface area contributed by atoms with Gasteiger partial charge >= 0.3 is 0 Å². The van der Waals surface area contributed by atoms with Crippen LogP contribution in [0.4, 0.5) is 0 Å². The molecule has 26 heavy (non-hydrogen) atoms. The van der Waals surface area contributed by atoms with E-state index in [1.165, 1.54) is 4.31 Å². The average Bonchev–Trinajstić information content (AvgIpc) is 2.54. The molecule has 2 aromatic carbocycles. The summed E-state index contributed by atoms with van der Waals surface area (Å²) in [6.07, 6.45) is 0. The molecule has 1 aliphatic heterocycles. The van der Waals surface area contributed by atoms with E-state index in [2.05, 4.69) is 27.3 Å². The van der Waals surface area contributed by atoms with Crippen molar-refractivity contribution in [1.82, 2.24) is 9.62 Å². The fourth-order valence-corrected chi connectivity index (χ4v) is 5.03. The van der Waals surface area contributed by atoms with Crippen molar-refractivity contribution in [3.8, 4) is 11.5 Å². The largest absolute Gasteiger partial charge is 0.457 e. The van der Waals surface area contributed by atoms with Gasteiger partial charge in [-0.1, -0.05) is 22.0 Å². The van der Waals surface area contributed by atoms with Gasteiger partial charge in [-0.15, -0.1) is 12.4 Å². The van der Waals surface area contributed by atoms with Gasteiger partial charge in [0.1, 0.15) is 11.5 Å². The smallest absolute Gasteiger partial charge is 0.243 e. The highest BCUT2D eigenvalue weighted by Gasteiger charge is 2.26. The third-order valence-electron chi connectivity index (χ3n) is 3.99. The third kappa shape index (κ3) is 4.98. The molecular weight excluding hydrogens is 440 g/mol. The molecule has 0 bridgehead atoms. The van der Waals surface area contributed by atoms with Gasteiger partial charge in [-0.25, -0.2) is 8.42 Å². The number of sulfonamides is 1. The Kier molecular flexibility index (Phi) is 7.10. The maximum Gasteiger partial charge on any atom is 0.243 e. The molecule has 2 aromatic rings. The van der Waals surface area contributed by atoms with Crippen LogP contribution in [-0.4, -0.2) is 38.9 Å². The van der Waals surface area contributed by atoms with E-state index in [0.29, 0.717) is 42.2 Å². The minimum Gasteiger partial charge on any atom is -0.457 e. The summed E-state index contributed by atoms with van der Waals surface area (Å²) in [5.41, 5.74) is 2.19. The molecule has 1 N–H and O–H groups in total. The topological polar surface area (TPSA) is 58.6 Å². The van der Waals surface area contributed by atoms with Crippen molar-refractivity contribution in [2.75, 3.05) is 26.2 Å². The van der Waals surface area contributed by atoms with Crippen molar-refractivity contribution in [2.24, 2.45) is 0 Å². The highest BCUT2D eigenvalue weighted by Crippen LogP contribution is 2.30. The lowest BCUT2D eigenvalue weighted by Gasteiger charge is -2.26. The third-order valence-corrected chi connectivity index (χ3v) is 6.32. The molecule has 0 aliphatic carbocycles. The van der Waals surface area contributed by atoms with Crippen LogP contribution in [0, 0.1) is 13.8 Å².